The second-order valence-electron chi connectivity index (χ2n) is 5.98. The number of hydrogen-bond acceptors (Lipinski definition) is 4. The van der Waals surface area contributed by atoms with Crippen molar-refractivity contribution in [1.82, 2.24) is 20.1 Å². The predicted octanol–water partition coefficient (Wildman–Crippen LogP) is 2.97. The molecular weight excluding hydrogens is 308 g/mol. The summed E-state index contributed by atoms with van der Waals surface area (Å²) in [5.74, 6) is 0.531. The number of nitrogens with zero attached hydrogens (tertiary/aromatic N) is 3. The molecule has 0 saturated carbocycles. The second-order valence-corrected chi connectivity index (χ2v) is 7.01. The normalized spacial score (nSPS) is 18.4. The molecule has 1 aliphatic heterocycles. The molecule has 118 valence electrons. The molecule has 4 rings (SSSR count). The molecule has 5 nitrogen and oxygen atoms in total. The predicted molar refractivity (Wildman–Crippen MR) is 90.5 cm³/mol. The van der Waals surface area contributed by atoms with Crippen molar-refractivity contribution in [2.45, 2.75) is 25.2 Å². The highest BCUT2D eigenvalue weighted by molar-refractivity contribution is 7.10. The van der Waals surface area contributed by atoms with E-state index >= 15 is 0 Å². The highest BCUT2D eigenvalue weighted by atomic mass is 32.1. The van der Waals surface area contributed by atoms with E-state index in [0.717, 1.165) is 47.5 Å². The number of likely N-dealkylation sites (tertiary alicyclic amines) is 1. The summed E-state index contributed by atoms with van der Waals surface area (Å²) in [6.45, 7) is 1.61. The molecule has 1 fully saturated rings. The van der Waals surface area contributed by atoms with Gasteiger partial charge in [-0.25, -0.2) is 4.98 Å². The Morgan fingerprint density at radius 3 is 3.22 bits per heavy atom. The summed E-state index contributed by atoms with van der Waals surface area (Å²) < 4.78 is 0. The number of pyridine rings is 1. The molecule has 6 heteroatoms. The van der Waals surface area contributed by atoms with Gasteiger partial charge in [0.15, 0.2) is 5.65 Å². The summed E-state index contributed by atoms with van der Waals surface area (Å²) in [6.07, 6.45) is 4.40. The molecular formula is C17H18N4OS. The van der Waals surface area contributed by atoms with Gasteiger partial charge in [-0.1, -0.05) is 6.07 Å². The molecule has 1 amide bonds. The molecule has 0 bridgehead atoms. The van der Waals surface area contributed by atoms with Crippen LogP contribution >= 0.6 is 11.3 Å². The number of nitrogens with one attached hydrogen (secondary N) is 1. The number of H-pyrrole nitrogens is 1. The van der Waals surface area contributed by atoms with Crippen molar-refractivity contribution in [2.75, 3.05) is 13.1 Å². The summed E-state index contributed by atoms with van der Waals surface area (Å²) >= 11 is 1.64. The van der Waals surface area contributed by atoms with Gasteiger partial charge in [-0.15, -0.1) is 11.3 Å². The maximum atomic E-state index is 12.5. The standard InChI is InChI=1S/C17H18N4OS/c22-16(9-14-4-2-8-23-14)21-7-1-3-13(11-21)15-6-5-12-10-18-20-17(12)19-15/h2,4-6,8,10,13H,1,3,7,9,11H2,(H,18,19,20). The zero-order chi connectivity index (χ0) is 15.6. The Morgan fingerprint density at radius 2 is 2.35 bits per heavy atom. The van der Waals surface area contributed by atoms with Gasteiger partial charge in [0, 0.05) is 35.0 Å². The molecule has 0 spiro atoms. The van der Waals surface area contributed by atoms with E-state index in [9.17, 15) is 4.79 Å². The molecule has 0 radical (unpaired) electrons. The van der Waals surface area contributed by atoms with Crippen LogP contribution in [0.2, 0.25) is 0 Å². The molecule has 23 heavy (non-hydrogen) atoms. The van der Waals surface area contributed by atoms with E-state index in [1.165, 1.54) is 0 Å². The number of aromatic amines is 1. The fraction of sp³-hybridized carbons (Fsp3) is 0.353. The highest BCUT2D eigenvalue weighted by Crippen LogP contribution is 2.27. The van der Waals surface area contributed by atoms with E-state index in [4.69, 9.17) is 0 Å². The lowest BCUT2D eigenvalue weighted by Gasteiger charge is -2.32. The maximum absolute atomic E-state index is 12.5. The lowest BCUT2D eigenvalue weighted by molar-refractivity contribution is -0.131. The Labute approximate surface area is 138 Å². The Bertz CT molecular complexity index is 811. The zero-order valence-electron chi connectivity index (χ0n) is 12.7. The third kappa shape index (κ3) is 2.99. The summed E-state index contributed by atoms with van der Waals surface area (Å²) in [4.78, 5) is 20.3. The number of fused-ring (bicyclic) bond motifs is 1. The largest absolute Gasteiger partial charge is 0.342 e. The quantitative estimate of drug-likeness (QED) is 0.805. The smallest absolute Gasteiger partial charge is 0.227 e. The van der Waals surface area contributed by atoms with Crippen LogP contribution in [0.3, 0.4) is 0 Å². The van der Waals surface area contributed by atoms with Gasteiger partial charge in [0.25, 0.3) is 0 Å². The SMILES string of the molecule is O=C(Cc1cccs1)N1CCCC(c2ccc3cn[nH]c3n2)C1. The Kier molecular flexibility index (Phi) is 3.83. The minimum absolute atomic E-state index is 0.222. The summed E-state index contributed by atoms with van der Waals surface area (Å²) in [5.41, 5.74) is 1.87. The topological polar surface area (TPSA) is 61.9 Å². The first kappa shape index (κ1) is 14.4. The Morgan fingerprint density at radius 1 is 1.39 bits per heavy atom. The van der Waals surface area contributed by atoms with E-state index in [1.807, 2.05) is 28.5 Å². The second kappa shape index (κ2) is 6.12. The van der Waals surface area contributed by atoms with Gasteiger partial charge < -0.3 is 4.90 Å². The molecule has 1 saturated heterocycles. The van der Waals surface area contributed by atoms with Gasteiger partial charge in [0.05, 0.1) is 12.6 Å². The number of hydrogen-bond donors (Lipinski definition) is 1. The van der Waals surface area contributed by atoms with Crippen molar-refractivity contribution in [3.05, 3.63) is 46.4 Å². The molecule has 1 N–H and O–H groups in total. The number of rotatable bonds is 3. The average molecular weight is 326 g/mol. The lowest BCUT2D eigenvalue weighted by atomic mass is 9.94. The van der Waals surface area contributed by atoms with Crippen LogP contribution in [-0.2, 0) is 11.2 Å². The van der Waals surface area contributed by atoms with Gasteiger partial charge in [-0.3, -0.25) is 9.89 Å². The van der Waals surface area contributed by atoms with Crippen molar-refractivity contribution in [1.29, 1.82) is 0 Å². The van der Waals surface area contributed by atoms with Crippen LogP contribution in [0.1, 0.15) is 29.3 Å². The van der Waals surface area contributed by atoms with Gasteiger partial charge in [-0.2, -0.15) is 5.10 Å². The highest BCUT2D eigenvalue weighted by Gasteiger charge is 2.26. The molecule has 1 unspecified atom stereocenters. The maximum Gasteiger partial charge on any atom is 0.227 e. The Hall–Kier alpha value is -2.21. The molecule has 1 aliphatic rings. The minimum Gasteiger partial charge on any atom is -0.342 e. The van der Waals surface area contributed by atoms with Gasteiger partial charge in [0.1, 0.15) is 0 Å². The minimum atomic E-state index is 0.222. The van der Waals surface area contributed by atoms with Crippen LogP contribution < -0.4 is 0 Å². The first-order valence-corrected chi connectivity index (χ1v) is 8.78. The number of carbonyl (C=O) groups excluding carboxylic acids is 1. The average Bonchev–Trinajstić information content (AvgIpc) is 3.25. The van der Waals surface area contributed by atoms with Gasteiger partial charge in [0.2, 0.25) is 5.91 Å². The molecule has 4 heterocycles. The van der Waals surface area contributed by atoms with E-state index < -0.39 is 0 Å². The third-order valence-corrected chi connectivity index (χ3v) is 5.30. The molecule has 0 aromatic carbocycles. The van der Waals surface area contributed by atoms with Crippen LogP contribution in [0.25, 0.3) is 11.0 Å². The van der Waals surface area contributed by atoms with E-state index in [0.29, 0.717) is 12.3 Å². The van der Waals surface area contributed by atoms with E-state index in [2.05, 4.69) is 21.2 Å². The number of aromatic nitrogens is 3. The summed E-state index contributed by atoms with van der Waals surface area (Å²) in [6, 6.07) is 8.14. The van der Waals surface area contributed by atoms with Crippen molar-refractivity contribution in [3.63, 3.8) is 0 Å². The fourth-order valence-electron chi connectivity index (χ4n) is 3.19. The number of thiophene rings is 1. The van der Waals surface area contributed by atoms with Crippen molar-refractivity contribution >= 4 is 28.3 Å². The van der Waals surface area contributed by atoms with Crippen LogP contribution in [0, 0.1) is 0 Å². The van der Waals surface area contributed by atoms with Crippen molar-refractivity contribution in [2.24, 2.45) is 0 Å². The van der Waals surface area contributed by atoms with Crippen LogP contribution in [0.15, 0.2) is 35.8 Å². The number of amides is 1. The first-order chi connectivity index (χ1) is 11.3. The number of carbonyl (C=O) groups is 1. The first-order valence-electron chi connectivity index (χ1n) is 7.90. The van der Waals surface area contributed by atoms with Crippen LogP contribution in [0.5, 0.6) is 0 Å². The monoisotopic (exact) mass is 326 g/mol. The molecule has 1 atom stereocenters. The van der Waals surface area contributed by atoms with Gasteiger partial charge in [-0.05, 0) is 36.4 Å². The Balaban J connectivity index is 1.48. The van der Waals surface area contributed by atoms with Crippen molar-refractivity contribution < 1.29 is 4.79 Å². The lowest BCUT2D eigenvalue weighted by Crippen LogP contribution is -2.40. The molecule has 0 aliphatic carbocycles. The zero-order valence-corrected chi connectivity index (χ0v) is 13.6. The van der Waals surface area contributed by atoms with Crippen molar-refractivity contribution in [3.8, 4) is 0 Å². The molecule has 3 aromatic rings. The fourth-order valence-corrected chi connectivity index (χ4v) is 3.88. The summed E-state index contributed by atoms with van der Waals surface area (Å²) in [7, 11) is 0. The van der Waals surface area contributed by atoms with E-state index in [-0.39, 0.29) is 5.91 Å². The van der Waals surface area contributed by atoms with Crippen LogP contribution in [0.4, 0.5) is 0 Å². The van der Waals surface area contributed by atoms with Gasteiger partial charge >= 0.3 is 0 Å². The van der Waals surface area contributed by atoms with E-state index in [1.54, 1.807) is 17.5 Å². The summed E-state index contributed by atoms with van der Waals surface area (Å²) in [5, 5.41) is 9.99. The van der Waals surface area contributed by atoms with Crippen LogP contribution in [-0.4, -0.2) is 39.1 Å². The third-order valence-electron chi connectivity index (χ3n) is 4.42. The molecule has 3 aromatic heterocycles. The number of piperidine rings is 1.